The molecule has 0 amide bonds. The van der Waals surface area contributed by atoms with Gasteiger partial charge in [0, 0.05) is 0 Å². The fraction of sp³-hybridized carbons (Fsp3) is 0.879. The fourth-order valence-electron chi connectivity index (χ4n) is 6.08. The van der Waals surface area contributed by atoms with E-state index in [0.29, 0.717) is 0 Å². The first kappa shape index (κ1) is 30.5. The standard InChI is InChI=1S/C33H62/c1-5-9-13-17-19-23-27-33-31(25-21-16-12-8-4)29-28-30(24-20-15-11-7-3)32(33)26-22-18-14-10-6-2/h19,23,28-33H,5-18,20-22,24-27H2,1-4H3/b23-19+. The third-order valence-electron chi connectivity index (χ3n) is 8.23. The summed E-state index contributed by atoms with van der Waals surface area (Å²) in [6.07, 6.45) is 40.0. The van der Waals surface area contributed by atoms with Crippen LogP contribution in [0.15, 0.2) is 24.3 Å². The first-order chi connectivity index (χ1) is 16.3. The lowest BCUT2D eigenvalue weighted by Gasteiger charge is -2.40. The molecule has 194 valence electrons. The highest BCUT2D eigenvalue weighted by Crippen LogP contribution is 2.43. The minimum atomic E-state index is 0.828. The third kappa shape index (κ3) is 14.5. The van der Waals surface area contributed by atoms with Crippen molar-refractivity contribution in [2.75, 3.05) is 0 Å². The maximum atomic E-state index is 2.70. The maximum absolute atomic E-state index is 2.70. The second-order valence-corrected chi connectivity index (χ2v) is 11.1. The molecule has 0 aromatic rings. The quantitative estimate of drug-likeness (QED) is 0.112. The molecule has 0 saturated heterocycles. The Hall–Kier alpha value is -0.520. The van der Waals surface area contributed by atoms with Crippen LogP contribution in [0.5, 0.6) is 0 Å². The first-order valence-corrected chi connectivity index (χ1v) is 15.6. The van der Waals surface area contributed by atoms with E-state index in [1.165, 1.54) is 135 Å². The monoisotopic (exact) mass is 458 g/mol. The number of unbranched alkanes of at least 4 members (excludes halogenated alkanes) is 13. The summed E-state index contributed by atoms with van der Waals surface area (Å²) in [5, 5.41) is 0. The molecule has 0 bridgehead atoms. The van der Waals surface area contributed by atoms with E-state index < -0.39 is 0 Å². The summed E-state index contributed by atoms with van der Waals surface area (Å²) in [6.45, 7) is 9.33. The minimum Gasteiger partial charge on any atom is -0.0885 e. The Morgan fingerprint density at radius 2 is 0.909 bits per heavy atom. The summed E-state index contributed by atoms with van der Waals surface area (Å²) in [4.78, 5) is 0. The van der Waals surface area contributed by atoms with Crippen molar-refractivity contribution >= 4 is 0 Å². The molecule has 0 nitrogen and oxygen atoms in total. The Labute approximate surface area is 210 Å². The van der Waals surface area contributed by atoms with Gasteiger partial charge in [0.2, 0.25) is 0 Å². The van der Waals surface area contributed by atoms with Crippen LogP contribution in [0, 0.1) is 23.7 Å². The third-order valence-corrected chi connectivity index (χ3v) is 8.23. The van der Waals surface area contributed by atoms with Gasteiger partial charge in [0.1, 0.15) is 0 Å². The molecule has 0 heterocycles. The molecule has 0 saturated carbocycles. The predicted molar refractivity (Wildman–Crippen MR) is 152 cm³/mol. The van der Waals surface area contributed by atoms with Crippen LogP contribution >= 0.6 is 0 Å². The van der Waals surface area contributed by atoms with Crippen LogP contribution in [-0.4, -0.2) is 0 Å². The summed E-state index contributed by atoms with van der Waals surface area (Å²) in [7, 11) is 0. The highest BCUT2D eigenvalue weighted by molar-refractivity contribution is 5.06. The van der Waals surface area contributed by atoms with Crippen LogP contribution < -0.4 is 0 Å². The Morgan fingerprint density at radius 3 is 1.48 bits per heavy atom. The lowest BCUT2D eigenvalue weighted by molar-refractivity contribution is 0.159. The van der Waals surface area contributed by atoms with Crippen LogP contribution in [0.2, 0.25) is 0 Å². The second kappa shape index (κ2) is 22.0. The van der Waals surface area contributed by atoms with E-state index in [0.717, 1.165) is 23.7 Å². The Kier molecular flexibility index (Phi) is 20.3. The largest absolute Gasteiger partial charge is 0.0885 e. The molecular formula is C33H62. The van der Waals surface area contributed by atoms with Gasteiger partial charge in [-0.1, -0.05) is 148 Å². The minimum absolute atomic E-state index is 0.828. The van der Waals surface area contributed by atoms with Crippen molar-refractivity contribution in [3.63, 3.8) is 0 Å². The van der Waals surface area contributed by atoms with Gasteiger partial charge < -0.3 is 0 Å². The molecule has 0 aliphatic heterocycles. The molecule has 33 heavy (non-hydrogen) atoms. The zero-order valence-corrected chi connectivity index (χ0v) is 23.5. The Bertz CT molecular complexity index is 459. The van der Waals surface area contributed by atoms with E-state index in [4.69, 9.17) is 0 Å². The summed E-state index contributed by atoms with van der Waals surface area (Å²) >= 11 is 0. The highest BCUT2D eigenvalue weighted by Gasteiger charge is 2.34. The van der Waals surface area contributed by atoms with Crippen LogP contribution in [-0.2, 0) is 0 Å². The summed E-state index contributed by atoms with van der Waals surface area (Å²) in [5.74, 6) is 3.49. The van der Waals surface area contributed by atoms with Crippen molar-refractivity contribution in [2.24, 2.45) is 23.7 Å². The van der Waals surface area contributed by atoms with E-state index in [1.54, 1.807) is 0 Å². The molecular weight excluding hydrogens is 396 g/mol. The number of hydrogen-bond acceptors (Lipinski definition) is 0. The van der Waals surface area contributed by atoms with Gasteiger partial charge in [-0.2, -0.15) is 0 Å². The van der Waals surface area contributed by atoms with Crippen molar-refractivity contribution in [1.82, 2.24) is 0 Å². The van der Waals surface area contributed by atoms with E-state index in [-0.39, 0.29) is 0 Å². The van der Waals surface area contributed by atoms with Gasteiger partial charge in [-0.05, 0) is 62.2 Å². The molecule has 4 unspecified atom stereocenters. The van der Waals surface area contributed by atoms with Crippen molar-refractivity contribution in [3.8, 4) is 0 Å². The Morgan fingerprint density at radius 1 is 0.455 bits per heavy atom. The zero-order chi connectivity index (χ0) is 24.0. The molecule has 0 N–H and O–H groups in total. The van der Waals surface area contributed by atoms with Gasteiger partial charge in [0.15, 0.2) is 0 Å². The van der Waals surface area contributed by atoms with Gasteiger partial charge in [0.25, 0.3) is 0 Å². The van der Waals surface area contributed by atoms with Gasteiger partial charge in [0.05, 0.1) is 0 Å². The molecule has 0 heteroatoms. The fourth-order valence-corrected chi connectivity index (χ4v) is 6.08. The molecule has 4 atom stereocenters. The lowest BCUT2D eigenvalue weighted by Crippen LogP contribution is -2.31. The summed E-state index contributed by atoms with van der Waals surface area (Å²) in [5.41, 5.74) is 0. The average Bonchev–Trinajstić information content (AvgIpc) is 2.83. The molecule has 0 aromatic carbocycles. The van der Waals surface area contributed by atoms with Crippen LogP contribution in [0.1, 0.15) is 163 Å². The van der Waals surface area contributed by atoms with Crippen molar-refractivity contribution in [2.45, 2.75) is 163 Å². The van der Waals surface area contributed by atoms with E-state index in [9.17, 15) is 0 Å². The van der Waals surface area contributed by atoms with Crippen LogP contribution in [0.3, 0.4) is 0 Å². The van der Waals surface area contributed by atoms with Gasteiger partial charge in [-0.3, -0.25) is 0 Å². The van der Waals surface area contributed by atoms with Crippen molar-refractivity contribution < 1.29 is 0 Å². The van der Waals surface area contributed by atoms with Crippen molar-refractivity contribution in [3.05, 3.63) is 24.3 Å². The SMILES string of the molecule is CCCCC/C=C/CC1C(CCCCCC)C=CC(CCCCCC)C1CCCCCCC. The number of rotatable bonds is 22. The zero-order valence-electron chi connectivity index (χ0n) is 23.5. The number of hydrogen-bond donors (Lipinski definition) is 0. The predicted octanol–water partition coefficient (Wildman–Crippen LogP) is 11.8. The van der Waals surface area contributed by atoms with E-state index in [2.05, 4.69) is 52.0 Å². The normalized spacial score (nSPS) is 23.0. The molecule has 0 spiro atoms. The summed E-state index contributed by atoms with van der Waals surface area (Å²) in [6, 6.07) is 0. The molecule has 0 fully saturated rings. The molecule has 1 aliphatic rings. The summed E-state index contributed by atoms with van der Waals surface area (Å²) < 4.78 is 0. The molecule has 0 aromatic heterocycles. The Balaban J connectivity index is 2.82. The highest BCUT2D eigenvalue weighted by atomic mass is 14.4. The molecule has 1 aliphatic carbocycles. The number of allylic oxidation sites excluding steroid dienone is 4. The van der Waals surface area contributed by atoms with Gasteiger partial charge in [-0.25, -0.2) is 0 Å². The van der Waals surface area contributed by atoms with Crippen LogP contribution in [0.4, 0.5) is 0 Å². The smallest absolute Gasteiger partial charge is 0.0199 e. The van der Waals surface area contributed by atoms with Crippen molar-refractivity contribution in [1.29, 1.82) is 0 Å². The maximum Gasteiger partial charge on any atom is -0.0199 e. The molecule has 1 rings (SSSR count). The van der Waals surface area contributed by atoms with Gasteiger partial charge in [-0.15, -0.1) is 0 Å². The van der Waals surface area contributed by atoms with Gasteiger partial charge >= 0.3 is 0 Å². The van der Waals surface area contributed by atoms with E-state index >= 15 is 0 Å². The topological polar surface area (TPSA) is 0 Å². The second-order valence-electron chi connectivity index (χ2n) is 11.1. The average molecular weight is 459 g/mol. The van der Waals surface area contributed by atoms with E-state index in [1.807, 2.05) is 0 Å². The first-order valence-electron chi connectivity index (χ1n) is 15.6. The lowest BCUT2D eigenvalue weighted by atomic mass is 9.65. The van der Waals surface area contributed by atoms with Crippen LogP contribution in [0.25, 0.3) is 0 Å². The molecule has 0 radical (unpaired) electrons.